The summed E-state index contributed by atoms with van der Waals surface area (Å²) in [6.07, 6.45) is 3.64. The number of esters is 1. The van der Waals surface area contributed by atoms with Gasteiger partial charge in [-0.15, -0.1) is 0 Å². The molecule has 2 aromatic heterocycles. The first kappa shape index (κ1) is 10.3. The molecule has 1 aliphatic heterocycles. The van der Waals surface area contributed by atoms with Gasteiger partial charge in [0, 0.05) is 6.20 Å². The van der Waals surface area contributed by atoms with Gasteiger partial charge >= 0.3 is 5.97 Å². The van der Waals surface area contributed by atoms with Crippen LogP contribution in [0.15, 0.2) is 30.6 Å². The average Bonchev–Trinajstić information content (AvgIpc) is 2.72. The molecule has 5 heteroatoms. The van der Waals surface area contributed by atoms with Gasteiger partial charge in [0.25, 0.3) is 0 Å². The number of aromatic nitrogens is 2. The van der Waals surface area contributed by atoms with Gasteiger partial charge in [-0.25, -0.2) is 4.98 Å². The summed E-state index contributed by atoms with van der Waals surface area (Å²) in [6, 6.07) is 5.78. The first-order valence-electron chi connectivity index (χ1n) is 5.37. The zero-order chi connectivity index (χ0) is 11.9. The van der Waals surface area contributed by atoms with Gasteiger partial charge in [-0.1, -0.05) is 6.07 Å². The van der Waals surface area contributed by atoms with Crippen molar-refractivity contribution in [3.8, 4) is 0 Å². The number of nitrogens with zero attached hydrogens (tertiary/aromatic N) is 2. The normalized spacial score (nSPS) is 17.7. The van der Waals surface area contributed by atoms with Gasteiger partial charge < -0.3 is 13.9 Å². The van der Waals surface area contributed by atoms with E-state index in [9.17, 15) is 4.79 Å². The second-order valence-electron chi connectivity index (χ2n) is 4.14. The van der Waals surface area contributed by atoms with E-state index in [1.807, 2.05) is 28.8 Å². The van der Waals surface area contributed by atoms with Crippen molar-refractivity contribution in [1.29, 1.82) is 0 Å². The van der Waals surface area contributed by atoms with Gasteiger partial charge in [-0.3, -0.25) is 4.79 Å². The highest BCUT2D eigenvalue weighted by Crippen LogP contribution is 2.33. The molecule has 0 spiro atoms. The Bertz CT molecular complexity index is 572. The van der Waals surface area contributed by atoms with E-state index in [0.29, 0.717) is 19.0 Å². The fraction of sp³-hybridized carbons (Fsp3) is 0.333. The Morgan fingerprint density at radius 1 is 1.53 bits per heavy atom. The number of fused-ring (bicyclic) bond motifs is 1. The largest absolute Gasteiger partial charge is 0.468 e. The third-order valence-electron chi connectivity index (χ3n) is 3.14. The van der Waals surface area contributed by atoms with Crippen molar-refractivity contribution in [2.45, 2.75) is 5.41 Å². The minimum atomic E-state index is -0.748. The van der Waals surface area contributed by atoms with Crippen LogP contribution in [0, 0.1) is 0 Å². The molecule has 17 heavy (non-hydrogen) atoms. The molecule has 1 saturated heterocycles. The highest BCUT2D eigenvalue weighted by atomic mass is 16.5. The summed E-state index contributed by atoms with van der Waals surface area (Å²) >= 11 is 0. The molecule has 1 fully saturated rings. The predicted octanol–water partition coefficient (Wildman–Crippen LogP) is 0.775. The molecule has 0 unspecified atom stereocenters. The Morgan fingerprint density at radius 3 is 3.00 bits per heavy atom. The van der Waals surface area contributed by atoms with Crippen LogP contribution in [0.25, 0.3) is 5.52 Å². The van der Waals surface area contributed by atoms with E-state index < -0.39 is 5.41 Å². The smallest absolute Gasteiger partial charge is 0.324 e. The van der Waals surface area contributed by atoms with Crippen molar-refractivity contribution in [3.63, 3.8) is 0 Å². The zero-order valence-corrected chi connectivity index (χ0v) is 9.42. The minimum absolute atomic E-state index is 0.292. The number of ether oxygens (including phenoxy) is 2. The van der Waals surface area contributed by atoms with E-state index in [4.69, 9.17) is 9.47 Å². The number of hydrogen-bond acceptors (Lipinski definition) is 4. The van der Waals surface area contributed by atoms with Crippen LogP contribution in [0.4, 0.5) is 0 Å². The molecule has 88 valence electrons. The lowest BCUT2D eigenvalue weighted by Crippen LogP contribution is -2.54. The lowest BCUT2D eigenvalue weighted by Gasteiger charge is -2.37. The molecular weight excluding hydrogens is 220 g/mol. The van der Waals surface area contributed by atoms with Gasteiger partial charge in [-0.2, -0.15) is 0 Å². The maximum Gasteiger partial charge on any atom is 0.324 e. The van der Waals surface area contributed by atoms with Crippen LogP contribution in [-0.2, 0) is 19.7 Å². The lowest BCUT2D eigenvalue weighted by molar-refractivity contribution is -0.167. The second kappa shape index (κ2) is 3.56. The van der Waals surface area contributed by atoms with Crippen molar-refractivity contribution >= 4 is 11.5 Å². The molecule has 3 heterocycles. The summed E-state index contributed by atoms with van der Waals surface area (Å²) < 4.78 is 11.9. The first-order chi connectivity index (χ1) is 8.28. The maximum atomic E-state index is 11.9. The standard InChI is InChI=1S/C12H12N2O3/c1-16-11(15)12(7-17-8-12)10-13-6-9-4-2-3-5-14(9)10/h2-6H,7-8H2,1H3. The molecule has 0 saturated carbocycles. The molecule has 0 N–H and O–H groups in total. The van der Waals surface area contributed by atoms with Crippen molar-refractivity contribution in [3.05, 3.63) is 36.4 Å². The van der Waals surface area contributed by atoms with Gasteiger partial charge in [0.2, 0.25) is 0 Å². The number of methoxy groups -OCH3 is 1. The van der Waals surface area contributed by atoms with Crippen LogP contribution in [0.5, 0.6) is 0 Å². The summed E-state index contributed by atoms with van der Waals surface area (Å²) in [6.45, 7) is 0.654. The molecule has 0 aromatic carbocycles. The van der Waals surface area contributed by atoms with Crippen LogP contribution < -0.4 is 0 Å². The van der Waals surface area contributed by atoms with Crippen molar-refractivity contribution < 1.29 is 14.3 Å². The van der Waals surface area contributed by atoms with Crippen LogP contribution in [0.2, 0.25) is 0 Å². The van der Waals surface area contributed by atoms with Crippen molar-refractivity contribution in [2.24, 2.45) is 0 Å². The number of carbonyl (C=O) groups excluding carboxylic acids is 1. The molecular formula is C12H12N2O3. The Balaban J connectivity index is 2.17. The quantitative estimate of drug-likeness (QED) is 0.718. The minimum Gasteiger partial charge on any atom is -0.468 e. The Morgan fingerprint density at radius 2 is 2.35 bits per heavy atom. The highest BCUT2D eigenvalue weighted by molar-refractivity contribution is 5.84. The van der Waals surface area contributed by atoms with Crippen molar-refractivity contribution in [1.82, 2.24) is 9.38 Å². The summed E-state index contributed by atoms with van der Waals surface area (Å²) in [4.78, 5) is 16.2. The second-order valence-corrected chi connectivity index (χ2v) is 4.14. The average molecular weight is 232 g/mol. The predicted molar refractivity (Wildman–Crippen MR) is 59.7 cm³/mol. The monoisotopic (exact) mass is 232 g/mol. The van der Waals surface area contributed by atoms with E-state index in [0.717, 1.165) is 5.52 Å². The van der Waals surface area contributed by atoms with Crippen LogP contribution in [0.1, 0.15) is 5.82 Å². The number of rotatable bonds is 2. The van der Waals surface area contributed by atoms with Crippen LogP contribution >= 0.6 is 0 Å². The lowest BCUT2D eigenvalue weighted by atomic mass is 9.85. The zero-order valence-electron chi connectivity index (χ0n) is 9.42. The van der Waals surface area contributed by atoms with Gasteiger partial charge in [-0.05, 0) is 12.1 Å². The number of carbonyl (C=O) groups is 1. The van der Waals surface area contributed by atoms with Crippen molar-refractivity contribution in [2.75, 3.05) is 20.3 Å². The fourth-order valence-corrected chi connectivity index (χ4v) is 2.14. The van der Waals surface area contributed by atoms with E-state index >= 15 is 0 Å². The van der Waals surface area contributed by atoms with E-state index in [2.05, 4.69) is 4.98 Å². The van der Waals surface area contributed by atoms with E-state index in [1.165, 1.54) is 7.11 Å². The molecule has 0 atom stereocenters. The molecule has 0 bridgehead atoms. The Kier molecular flexibility index (Phi) is 2.16. The molecule has 3 rings (SSSR count). The highest BCUT2D eigenvalue weighted by Gasteiger charge is 2.51. The maximum absolute atomic E-state index is 11.9. The van der Waals surface area contributed by atoms with Crippen LogP contribution in [0.3, 0.4) is 0 Å². The van der Waals surface area contributed by atoms with E-state index in [1.54, 1.807) is 6.20 Å². The molecule has 2 aromatic rings. The molecule has 0 radical (unpaired) electrons. The summed E-state index contributed by atoms with van der Waals surface area (Å²) in [5, 5.41) is 0. The summed E-state index contributed by atoms with van der Waals surface area (Å²) in [5.41, 5.74) is 0.209. The molecule has 5 nitrogen and oxygen atoms in total. The first-order valence-corrected chi connectivity index (χ1v) is 5.37. The number of pyridine rings is 1. The summed E-state index contributed by atoms with van der Waals surface area (Å²) in [7, 11) is 1.39. The number of hydrogen-bond donors (Lipinski definition) is 0. The topological polar surface area (TPSA) is 52.8 Å². The number of imidazole rings is 1. The fourth-order valence-electron chi connectivity index (χ4n) is 2.14. The van der Waals surface area contributed by atoms with Gasteiger partial charge in [0.1, 0.15) is 5.82 Å². The molecule has 0 amide bonds. The molecule has 1 aliphatic rings. The Hall–Kier alpha value is -1.88. The third kappa shape index (κ3) is 1.29. The van der Waals surface area contributed by atoms with Gasteiger partial charge in [0.05, 0.1) is 32.0 Å². The van der Waals surface area contributed by atoms with Crippen LogP contribution in [-0.4, -0.2) is 35.7 Å². The summed E-state index contributed by atoms with van der Waals surface area (Å²) in [5.74, 6) is 0.395. The van der Waals surface area contributed by atoms with E-state index in [-0.39, 0.29) is 5.97 Å². The SMILES string of the molecule is COC(=O)C1(c2ncc3ccccn23)COC1. The van der Waals surface area contributed by atoms with Gasteiger partial charge in [0.15, 0.2) is 5.41 Å². The molecule has 0 aliphatic carbocycles. The third-order valence-corrected chi connectivity index (χ3v) is 3.14. The Labute approximate surface area is 98.0 Å².